The smallest absolute Gasteiger partial charge is 0.227 e. The average Bonchev–Trinajstić information content (AvgIpc) is 4.29. The molecule has 0 radical (unpaired) electrons. The number of oxazole rings is 1. The molecule has 0 aliphatic carbocycles. The lowest BCUT2D eigenvalue weighted by Crippen LogP contribution is -2.01. The zero-order valence-electron chi connectivity index (χ0n) is 41.9. The molecule has 3 aromatic heterocycles. The Kier molecular flexibility index (Phi) is 9.84. The predicted octanol–water partition coefficient (Wildman–Crippen LogP) is 19.3. The van der Waals surface area contributed by atoms with E-state index in [1.165, 1.54) is 10.8 Å². The lowest BCUT2D eigenvalue weighted by Gasteiger charge is -2.15. The van der Waals surface area contributed by atoms with Crippen LogP contribution < -0.4 is 0 Å². The number of fused-ring (bicyclic) bond motifs is 11. The fourth-order valence-electron chi connectivity index (χ4n) is 11.9. The van der Waals surface area contributed by atoms with Crippen molar-refractivity contribution in [3.05, 3.63) is 255 Å². The van der Waals surface area contributed by atoms with E-state index >= 15 is 0 Å². The quantitative estimate of drug-likeness (QED) is 0.148. The molecule has 16 aromatic rings. The molecule has 0 bridgehead atoms. The van der Waals surface area contributed by atoms with Gasteiger partial charge in [0.2, 0.25) is 5.89 Å². The molecule has 0 aliphatic rings. The molecule has 0 saturated heterocycles. The van der Waals surface area contributed by atoms with Gasteiger partial charge in [0.1, 0.15) is 16.7 Å². The van der Waals surface area contributed by atoms with Crippen LogP contribution in [0.2, 0.25) is 0 Å². The van der Waals surface area contributed by atoms with Crippen molar-refractivity contribution in [2.24, 2.45) is 0 Å². The summed E-state index contributed by atoms with van der Waals surface area (Å²) in [6, 6.07) is 89.6. The molecule has 3 heterocycles. The third-order valence-corrected chi connectivity index (χ3v) is 15.6. The number of benzene rings is 13. The lowest BCUT2D eigenvalue weighted by atomic mass is 9.90. The van der Waals surface area contributed by atoms with E-state index in [1.807, 2.05) is 48.5 Å². The van der Waals surface area contributed by atoms with Crippen LogP contribution in [-0.4, -0.2) is 19.9 Å². The Balaban J connectivity index is 0.799. The van der Waals surface area contributed by atoms with Crippen molar-refractivity contribution < 1.29 is 8.83 Å². The van der Waals surface area contributed by atoms with E-state index in [-0.39, 0.29) is 0 Å². The van der Waals surface area contributed by atoms with E-state index in [4.69, 9.17) is 28.8 Å². The number of furan rings is 1. The Morgan fingerprint density at radius 2 is 0.679 bits per heavy atom. The first-order chi connectivity index (χ1) is 38.6. The number of hydrogen-bond donors (Lipinski definition) is 0. The summed E-state index contributed by atoms with van der Waals surface area (Å²) in [5, 5.41) is 13.6. The minimum absolute atomic E-state index is 0.576. The fourth-order valence-corrected chi connectivity index (χ4v) is 11.9. The summed E-state index contributed by atoms with van der Waals surface area (Å²) in [5.41, 5.74) is 13.3. The molecule has 0 fully saturated rings. The number of rotatable bonds is 7. The van der Waals surface area contributed by atoms with Gasteiger partial charge in [0.05, 0.1) is 0 Å². The fraction of sp³-hybridized carbons (Fsp3) is 0. The van der Waals surface area contributed by atoms with Gasteiger partial charge >= 0.3 is 0 Å². The van der Waals surface area contributed by atoms with Crippen LogP contribution in [0.4, 0.5) is 0 Å². The van der Waals surface area contributed by atoms with Gasteiger partial charge in [-0.2, -0.15) is 0 Å². The average molecular weight is 995 g/mol. The highest BCUT2D eigenvalue weighted by Gasteiger charge is 2.23. The van der Waals surface area contributed by atoms with E-state index in [1.54, 1.807) is 0 Å². The first-order valence-corrected chi connectivity index (χ1v) is 26.3. The largest absolute Gasteiger partial charge is 0.456 e. The number of aromatic nitrogens is 4. The van der Waals surface area contributed by atoms with Gasteiger partial charge in [0.15, 0.2) is 23.1 Å². The highest BCUT2D eigenvalue weighted by atomic mass is 16.4. The maximum absolute atomic E-state index is 6.45. The molecule has 0 saturated carbocycles. The van der Waals surface area contributed by atoms with Crippen LogP contribution in [0.5, 0.6) is 0 Å². The Morgan fingerprint density at radius 3 is 1.24 bits per heavy atom. The van der Waals surface area contributed by atoms with Gasteiger partial charge in [-0.15, -0.1) is 0 Å². The van der Waals surface area contributed by atoms with Gasteiger partial charge in [0, 0.05) is 44.7 Å². The van der Waals surface area contributed by atoms with E-state index < -0.39 is 0 Å². The van der Waals surface area contributed by atoms with E-state index in [9.17, 15) is 0 Å². The number of para-hydroxylation sites is 1. The van der Waals surface area contributed by atoms with Crippen LogP contribution in [0.25, 0.3) is 166 Å². The van der Waals surface area contributed by atoms with Gasteiger partial charge in [0.25, 0.3) is 0 Å². The molecule has 6 heteroatoms. The maximum atomic E-state index is 6.45. The highest BCUT2D eigenvalue weighted by Crippen LogP contribution is 2.45. The second-order valence-electron chi connectivity index (χ2n) is 20.0. The molecule has 78 heavy (non-hydrogen) atoms. The number of nitrogens with zero attached hydrogens (tertiary/aromatic N) is 4. The Morgan fingerprint density at radius 1 is 0.244 bits per heavy atom. The first kappa shape index (κ1) is 43.8. The second kappa shape index (κ2) is 17.5. The Hall–Kier alpha value is -10.6. The minimum Gasteiger partial charge on any atom is -0.456 e. The molecule has 0 atom stereocenters. The summed E-state index contributed by atoms with van der Waals surface area (Å²) in [6.07, 6.45) is 0. The van der Waals surface area contributed by atoms with E-state index in [0.717, 1.165) is 126 Å². The third-order valence-electron chi connectivity index (χ3n) is 15.6. The SMILES string of the molecule is c1ccc(-c2nc3c(-c4ccc(-c5ccc(-c6ccc(-c7nc(-c8cc9ccccc9c9ccccc89)nc(-c8cc9ccccc9c9ccccc89)n7)cc6)c6ccccc56)cc4)c4c(cc3o2)oc2ccccc24)cc1. The maximum Gasteiger partial charge on any atom is 0.227 e. The molecule has 362 valence electrons. The summed E-state index contributed by atoms with van der Waals surface area (Å²) >= 11 is 0. The Bertz CT molecular complexity index is 4940. The van der Waals surface area contributed by atoms with Gasteiger partial charge in [-0.25, -0.2) is 19.9 Å². The van der Waals surface area contributed by atoms with Crippen molar-refractivity contribution in [3.8, 4) is 79.0 Å². The molecule has 13 aromatic carbocycles. The molecule has 0 amide bonds. The van der Waals surface area contributed by atoms with Gasteiger partial charge in [-0.3, -0.25) is 0 Å². The zero-order chi connectivity index (χ0) is 51.3. The van der Waals surface area contributed by atoms with Crippen LogP contribution >= 0.6 is 0 Å². The summed E-state index contributed by atoms with van der Waals surface area (Å²) in [6.45, 7) is 0. The van der Waals surface area contributed by atoms with Crippen molar-refractivity contribution in [1.82, 2.24) is 19.9 Å². The summed E-state index contributed by atoms with van der Waals surface area (Å²) in [4.78, 5) is 21.2. The molecule has 6 nitrogen and oxygen atoms in total. The highest BCUT2D eigenvalue weighted by molar-refractivity contribution is 6.20. The Labute approximate surface area is 447 Å². The van der Waals surface area contributed by atoms with Crippen molar-refractivity contribution in [2.45, 2.75) is 0 Å². The minimum atomic E-state index is 0.576. The summed E-state index contributed by atoms with van der Waals surface area (Å²) < 4.78 is 12.9. The first-order valence-electron chi connectivity index (χ1n) is 26.3. The zero-order valence-corrected chi connectivity index (χ0v) is 41.9. The van der Waals surface area contributed by atoms with Crippen molar-refractivity contribution in [1.29, 1.82) is 0 Å². The van der Waals surface area contributed by atoms with Crippen LogP contribution in [0.3, 0.4) is 0 Å². The predicted molar refractivity (Wildman–Crippen MR) is 320 cm³/mol. The topological polar surface area (TPSA) is 77.8 Å². The van der Waals surface area contributed by atoms with Crippen molar-refractivity contribution in [3.63, 3.8) is 0 Å². The lowest BCUT2D eigenvalue weighted by molar-refractivity contribution is 0.617. The molecule has 0 unspecified atom stereocenters. The molecule has 16 rings (SSSR count). The van der Waals surface area contributed by atoms with Gasteiger partial charge < -0.3 is 8.83 Å². The van der Waals surface area contributed by atoms with Crippen molar-refractivity contribution in [2.75, 3.05) is 0 Å². The summed E-state index contributed by atoms with van der Waals surface area (Å²) in [7, 11) is 0. The molecular formula is C72H42N4O2. The standard InChI is InChI=1S/C72H42N4O2/c1-2-16-47(17-3-1)72-73-68-65(78-72)42-64-67(60-28-14-15-29-63(60)77-64)66(68)45-34-30-43(31-35-45)52-38-39-53(57-25-9-8-24-56(52)57)44-32-36-46(37-33-44)69-74-70(61-40-48-18-4-6-20-50(48)54-22-10-12-26-58(54)61)76-71(75-69)62-41-49-19-5-7-21-51(49)55-23-11-13-27-59(55)62/h1-42H. The molecule has 0 aliphatic heterocycles. The van der Waals surface area contributed by atoms with Crippen molar-refractivity contribution >= 4 is 86.9 Å². The monoisotopic (exact) mass is 994 g/mol. The van der Waals surface area contributed by atoms with E-state index in [2.05, 4.69) is 206 Å². The van der Waals surface area contributed by atoms with Gasteiger partial charge in [-0.1, -0.05) is 218 Å². The molecule has 0 N–H and O–H groups in total. The normalized spacial score (nSPS) is 11.8. The van der Waals surface area contributed by atoms with Crippen LogP contribution in [0.1, 0.15) is 0 Å². The van der Waals surface area contributed by atoms with Crippen LogP contribution in [0.15, 0.2) is 264 Å². The number of hydrogen-bond acceptors (Lipinski definition) is 6. The van der Waals surface area contributed by atoms with Crippen LogP contribution in [0, 0.1) is 0 Å². The molecule has 0 spiro atoms. The second-order valence-corrected chi connectivity index (χ2v) is 20.0. The van der Waals surface area contributed by atoms with Crippen LogP contribution in [-0.2, 0) is 0 Å². The summed E-state index contributed by atoms with van der Waals surface area (Å²) in [5.74, 6) is 2.44. The van der Waals surface area contributed by atoms with E-state index in [0.29, 0.717) is 28.9 Å². The third kappa shape index (κ3) is 7.04. The molecular weight excluding hydrogens is 953 g/mol. The van der Waals surface area contributed by atoms with Gasteiger partial charge in [-0.05, 0) is 112 Å².